The Morgan fingerprint density at radius 3 is 3.14 bits per heavy atom. The number of rotatable bonds is 0. The highest BCUT2D eigenvalue weighted by Gasteiger charge is 2.10. The van der Waals surface area contributed by atoms with Crippen molar-refractivity contribution in [1.82, 2.24) is 0 Å². The molecule has 0 saturated carbocycles. The third-order valence-electron chi connectivity index (χ3n) is 2.40. The Morgan fingerprint density at radius 2 is 2.14 bits per heavy atom. The summed E-state index contributed by atoms with van der Waals surface area (Å²) >= 11 is 1.85. The van der Waals surface area contributed by atoms with Crippen LogP contribution in [0.2, 0.25) is 0 Å². The second-order valence-electron chi connectivity index (χ2n) is 3.30. The van der Waals surface area contributed by atoms with Gasteiger partial charge in [-0.05, 0) is 17.7 Å². The lowest BCUT2D eigenvalue weighted by molar-refractivity contribution is 1.31. The van der Waals surface area contributed by atoms with Gasteiger partial charge in [0.05, 0.1) is 5.36 Å². The maximum absolute atomic E-state index is 4.47. The van der Waals surface area contributed by atoms with E-state index in [-0.39, 0.29) is 0 Å². The minimum atomic E-state index is 1.07. The minimum absolute atomic E-state index is 1.07. The summed E-state index contributed by atoms with van der Waals surface area (Å²) in [4.78, 5) is 5.77. The molecule has 2 heteroatoms. The molecule has 3 rings (SSSR count). The maximum Gasteiger partial charge on any atom is 0.0702 e. The number of hydrogen-bond acceptors (Lipinski definition) is 2. The molecule has 0 N–H and O–H groups in total. The van der Waals surface area contributed by atoms with Gasteiger partial charge >= 0.3 is 0 Å². The fourth-order valence-electron chi connectivity index (χ4n) is 1.67. The molecule has 0 unspecified atom stereocenters. The van der Waals surface area contributed by atoms with Gasteiger partial charge in [0, 0.05) is 22.1 Å². The highest BCUT2D eigenvalue weighted by Crippen LogP contribution is 2.32. The van der Waals surface area contributed by atoms with E-state index in [2.05, 4.69) is 35.3 Å². The summed E-state index contributed by atoms with van der Waals surface area (Å²) in [6.45, 7) is 0. The van der Waals surface area contributed by atoms with Crippen molar-refractivity contribution in [3.8, 4) is 0 Å². The molecule has 1 aromatic carbocycles. The molecule has 0 bridgehead atoms. The SMILES string of the molecule is C1=C2C=c3ccccc3=NC=C2SC1. The van der Waals surface area contributed by atoms with Gasteiger partial charge in [0.25, 0.3) is 0 Å². The number of allylic oxidation sites excluding steroid dienone is 1. The predicted octanol–water partition coefficient (Wildman–Crippen LogP) is 1.61. The van der Waals surface area contributed by atoms with Crippen LogP contribution in [-0.4, -0.2) is 5.75 Å². The van der Waals surface area contributed by atoms with Crippen molar-refractivity contribution in [3.63, 3.8) is 0 Å². The molecule has 0 saturated heterocycles. The molecule has 2 aliphatic heterocycles. The first-order valence-electron chi connectivity index (χ1n) is 4.61. The van der Waals surface area contributed by atoms with E-state index in [4.69, 9.17) is 0 Å². The van der Waals surface area contributed by atoms with Gasteiger partial charge < -0.3 is 0 Å². The normalized spacial score (nSPS) is 18.0. The Balaban J connectivity index is 2.35. The smallest absolute Gasteiger partial charge is 0.0702 e. The van der Waals surface area contributed by atoms with Crippen molar-refractivity contribution in [3.05, 3.63) is 57.6 Å². The fraction of sp³-hybridized carbons (Fsp3) is 0.0833. The van der Waals surface area contributed by atoms with Crippen LogP contribution in [0.4, 0.5) is 0 Å². The van der Waals surface area contributed by atoms with Crippen LogP contribution in [0.1, 0.15) is 0 Å². The summed E-state index contributed by atoms with van der Waals surface area (Å²) in [7, 11) is 0. The largest absolute Gasteiger partial charge is 0.255 e. The monoisotopic (exact) mass is 199 g/mol. The third-order valence-corrected chi connectivity index (χ3v) is 3.38. The van der Waals surface area contributed by atoms with Crippen LogP contribution in [0, 0.1) is 0 Å². The average molecular weight is 199 g/mol. The van der Waals surface area contributed by atoms with E-state index in [9.17, 15) is 0 Å². The summed E-state index contributed by atoms with van der Waals surface area (Å²) < 4.78 is 0. The molecule has 14 heavy (non-hydrogen) atoms. The van der Waals surface area contributed by atoms with Gasteiger partial charge in [0.15, 0.2) is 0 Å². The van der Waals surface area contributed by atoms with E-state index < -0.39 is 0 Å². The van der Waals surface area contributed by atoms with Crippen LogP contribution < -0.4 is 10.6 Å². The molecular formula is C12H9NS. The van der Waals surface area contributed by atoms with Crippen LogP contribution in [0.25, 0.3) is 6.08 Å². The third kappa shape index (κ3) is 1.23. The first-order valence-corrected chi connectivity index (χ1v) is 5.60. The fourth-order valence-corrected chi connectivity index (χ4v) is 2.55. The first-order chi connectivity index (χ1) is 6.93. The quantitative estimate of drug-likeness (QED) is 0.618. The van der Waals surface area contributed by atoms with Crippen LogP contribution in [-0.2, 0) is 0 Å². The molecule has 0 aliphatic carbocycles. The molecule has 0 radical (unpaired) electrons. The van der Waals surface area contributed by atoms with Gasteiger partial charge in [-0.2, -0.15) is 0 Å². The average Bonchev–Trinajstić information content (AvgIpc) is 2.58. The van der Waals surface area contributed by atoms with Crippen LogP contribution in [0.5, 0.6) is 0 Å². The first kappa shape index (κ1) is 8.06. The van der Waals surface area contributed by atoms with Crippen molar-refractivity contribution in [1.29, 1.82) is 0 Å². The van der Waals surface area contributed by atoms with Crippen LogP contribution in [0.3, 0.4) is 0 Å². The van der Waals surface area contributed by atoms with Gasteiger partial charge in [-0.1, -0.05) is 24.3 Å². The highest BCUT2D eigenvalue weighted by molar-refractivity contribution is 8.03. The summed E-state index contributed by atoms with van der Waals surface area (Å²) in [5.41, 5.74) is 1.32. The van der Waals surface area contributed by atoms with Gasteiger partial charge in [-0.15, -0.1) is 11.8 Å². The molecule has 1 aromatic rings. The Hall–Kier alpha value is -1.28. The lowest BCUT2D eigenvalue weighted by Gasteiger charge is -1.93. The lowest BCUT2D eigenvalue weighted by Crippen LogP contribution is -2.23. The second kappa shape index (κ2) is 3.14. The molecule has 0 amide bonds. The summed E-state index contributed by atoms with van der Waals surface area (Å²) in [5.74, 6) is 1.08. The number of fused-ring (bicyclic) bond motifs is 2. The molecule has 0 spiro atoms. The van der Waals surface area contributed by atoms with Crippen molar-refractivity contribution >= 4 is 17.8 Å². The number of hydrogen-bond donors (Lipinski definition) is 0. The maximum atomic E-state index is 4.47. The second-order valence-corrected chi connectivity index (χ2v) is 4.36. The Morgan fingerprint density at radius 1 is 1.21 bits per heavy atom. The van der Waals surface area contributed by atoms with Crippen molar-refractivity contribution in [2.45, 2.75) is 0 Å². The number of benzene rings is 1. The molecule has 1 nitrogen and oxygen atoms in total. The number of thioether (sulfide) groups is 1. The highest BCUT2D eigenvalue weighted by atomic mass is 32.2. The molecule has 2 aliphatic rings. The molecule has 0 aromatic heterocycles. The van der Waals surface area contributed by atoms with Gasteiger partial charge in [-0.25, -0.2) is 0 Å². The zero-order valence-electron chi connectivity index (χ0n) is 7.60. The molecule has 0 fully saturated rings. The van der Waals surface area contributed by atoms with E-state index in [1.54, 1.807) is 0 Å². The number of para-hydroxylation sites is 1. The molecule has 68 valence electrons. The summed E-state index contributed by atoms with van der Waals surface area (Å²) in [5, 5.41) is 2.28. The van der Waals surface area contributed by atoms with Crippen molar-refractivity contribution < 1.29 is 0 Å². The molecule has 0 atom stereocenters. The Kier molecular flexibility index (Phi) is 1.81. The Bertz CT molecular complexity index is 552. The van der Waals surface area contributed by atoms with E-state index in [0.717, 1.165) is 11.1 Å². The zero-order valence-corrected chi connectivity index (χ0v) is 8.42. The van der Waals surface area contributed by atoms with Crippen molar-refractivity contribution in [2.24, 2.45) is 4.99 Å². The van der Waals surface area contributed by atoms with E-state index in [1.165, 1.54) is 15.7 Å². The Labute approximate surface area is 86.6 Å². The standard InChI is InChI=1S/C12H9NS/c1-2-4-11-9(3-1)7-10-5-6-14-12(10)8-13-11/h1-5,7-8H,6H2. The predicted molar refractivity (Wildman–Crippen MR) is 60.3 cm³/mol. The van der Waals surface area contributed by atoms with Crippen LogP contribution >= 0.6 is 11.8 Å². The summed E-state index contributed by atoms with van der Waals surface area (Å²) in [6.07, 6.45) is 6.46. The van der Waals surface area contributed by atoms with Gasteiger partial charge in [0.1, 0.15) is 0 Å². The number of nitrogens with zero attached hydrogens (tertiary/aromatic N) is 1. The lowest BCUT2D eigenvalue weighted by atomic mass is 10.2. The van der Waals surface area contributed by atoms with E-state index >= 15 is 0 Å². The van der Waals surface area contributed by atoms with Crippen LogP contribution in [0.15, 0.2) is 52.0 Å². The van der Waals surface area contributed by atoms with Crippen molar-refractivity contribution in [2.75, 3.05) is 5.75 Å². The topological polar surface area (TPSA) is 12.4 Å². The molecule has 2 heterocycles. The minimum Gasteiger partial charge on any atom is -0.255 e. The van der Waals surface area contributed by atoms with Gasteiger partial charge in [0.2, 0.25) is 0 Å². The summed E-state index contributed by atoms with van der Waals surface area (Å²) in [6, 6.07) is 8.24. The van der Waals surface area contributed by atoms with E-state index in [0.29, 0.717) is 0 Å². The van der Waals surface area contributed by atoms with E-state index in [1.807, 2.05) is 24.0 Å². The van der Waals surface area contributed by atoms with Gasteiger partial charge in [-0.3, -0.25) is 4.99 Å². The molecular weight excluding hydrogens is 190 g/mol. The zero-order chi connectivity index (χ0) is 9.38.